The number of aldehydes is 1. The topological polar surface area (TPSA) is 39.4 Å². The number of halogens is 2. The fourth-order valence-corrected chi connectivity index (χ4v) is 1.61. The van der Waals surface area contributed by atoms with Gasteiger partial charge in [-0.3, -0.25) is 4.79 Å². The first-order valence-electron chi connectivity index (χ1n) is 4.81. The normalized spacial score (nSPS) is 10.2. The Bertz CT molecular complexity index is 536. The Kier molecular flexibility index (Phi) is 3.58. The van der Waals surface area contributed by atoms with Gasteiger partial charge in [0.2, 0.25) is 0 Å². The smallest absolute Gasteiger partial charge is 0.185 e. The van der Waals surface area contributed by atoms with Crippen LogP contribution in [-0.4, -0.2) is 6.29 Å². The summed E-state index contributed by atoms with van der Waals surface area (Å²) in [7, 11) is 0. The SMILES string of the molecule is O=Cc1ccc(COc2ccc(F)c(Br)c2)o1. The van der Waals surface area contributed by atoms with E-state index >= 15 is 0 Å². The molecule has 0 aliphatic carbocycles. The van der Waals surface area contributed by atoms with E-state index in [0.717, 1.165) is 0 Å². The van der Waals surface area contributed by atoms with Gasteiger partial charge in [0.05, 0.1) is 4.47 Å². The highest BCUT2D eigenvalue weighted by molar-refractivity contribution is 9.10. The lowest BCUT2D eigenvalue weighted by Gasteiger charge is -2.04. The number of hydrogen-bond donors (Lipinski definition) is 0. The van der Waals surface area contributed by atoms with Crippen molar-refractivity contribution >= 4 is 22.2 Å². The minimum Gasteiger partial charge on any atom is -0.486 e. The molecule has 0 N–H and O–H groups in total. The van der Waals surface area contributed by atoms with E-state index in [4.69, 9.17) is 9.15 Å². The van der Waals surface area contributed by atoms with Crippen LogP contribution in [0.2, 0.25) is 0 Å². The minimum absolute atomic E-state index is 0.186. The van der Waals surface area contributed by atoms with Crippen molar-refractivity contribution in [2.24, 2.45) is 0 Å². The van der Waals surface area contributed by atoms with Crippen LogP contribution in [0.5, 0.6) is 5.75 Å². The molecule has 0 amide bonds. The van der Waals surface area contributed by atoms with Crippen LogP contribution in [0.3, 0.4) is 0 Å². The van der Waals surface area contributed by atoms with Gasteiger partial charge in [-0.25, -0.2) is 4.39 Å². The predicted octanol–water partition coefficient (Wildman–Crippen LogP) is 3.57. The van der Waals surface area contributed by atoms with E-state index in [1.807, 2.05) is 0 Å². The molecule has 1 heterocycles. The van der Waals surface area contributed by atoms with Crippen molar-refractivity contribution in [3.05, 3.63) is 52.1 Å². The summed E-state index contributed by atoms with van der Waals surface area (Å²) < 4.78 is 23.8. The molecule has 3 nitrogen and oxygen atoms in total. The molecule has 1 aromatic carbocycles. The largest absolute Gasteiger partial charge is 0.486 e. The first-order valence-corrected chi connectivity index (χ1v) is 5.60. The molecule has 0 aliphatic heterocycles. The summed E-state index contributed by atoms with van der Waals surface area (Å²) in [6.07, 6.45) is 0.623. The van der Waals surface area contributed by atoms with Crippen LogP contribution in [0.25, 0.3) is 0 Å². The minimum atomic E-state index is -0.349. The monoisotopic (exact) mass is 298 g/mol. The Morgan fingerprint density at radius 1 is 1.35 bits per heavy atom. The van der Waals surface area contributed by atoms with E-state index in [0.29, 0.717) is 22.3 Å². The number of carbonyl (C=O) groups is 1. The molecule has 0 unspecified atom stereocenters. The average Bonchev–Trinajstić information content (AvgIpc) is 2.79. The molecule has 0 bridgehead atoms. The number of ether oxygens (including phenoxy) is 1. The Balaban J connectivity index is 2.01. The van der Waals surface area contributed by atoms with Gasteiger partial charge in [-0.1, -0.05) is 0 Å². The van der Waals surface area contributed by atoms with Crippen molar-refractivity contribution in [3.8, 4) is 5.75 Å². The summed E-state index contributed by atoms with van der Waals surface area (Å²) in [6, 6.07) is 7.57. The first kappa shape index (κ1) is 11.9. The molecule has 2 rings (SSSR count). The van der Waals surface area contributed by atoms with Crippen LogP contribution in [0, 0.1) is 5.82 Å². The van der Waals surface area contributed by atoms with E-state index in [2.05, 4.69) is 15.9 Å². The quantitative estimate of drug-likeness (QED) is 0.810. The highest BCUT2D eigenvalue weighted by atomic mass is 79.9. The number of rotatable bonds is 4. The van der Waals surface area contributed by atoms with Crippen molar-refractivity contribution in [1.29, 1.82) is 0 Å². The second-order valence-electron chi connectivity index (χ2n) is 3.29. The Morgan fingerprint density at radius 3 is 2.82 bits per heavy atom. The van der Waals surface area contributed by atoms with Crippen LogP contribution in [0.4, 0.5) is 4.39 Å². The third-order valence-electron chi connectivity index (χ3n) is 2.07. The van der Waals surface area contributed by atoms with E-state index in [-0.39, 0.29) is 18.2 Å². The Labute approximate surface area is 105 Å². The third-order valence-corrected chi connectivity index (χ3v) is 2.68. The second kappa shape index (κ2) is 5.14. The zero-order chi connectivity index (χ0) is 12.3. The van der Waals surface area contributed by atoms with Gasteiger partial charge < -0.3 is 9.15 Å². The average molecular weight is 299 g/mol. The molecule has 0 saturated heterocycles. The Morgan fingerprint density at radius 2 is 2.18 bits per heavy atom. The van der Waals surface area contributed by atoms with Crippen LogP contribution in [0.15, 0.2) is 39.2 Å². The maximum Gasteiger partial charge on any atom is 0.185 e. The molecule has 0 saturated carbocycles. The first-order chi connectivity index (χ1) is 8.19. The van der Waals surface area contributed by atoms with Crippen molar-refractivity contribution in [1.82, 2.24) is 0 Å². The van der Waals surface area contributed by atoms with Gasteiger partial charge >= 0.3 is 0 Å². The van der Waals surface area contributed by atoms with Gasteiger partial charge in [0.15, 0.2) is 12.0 Å². The van der Waals surface area contributed by atoms with Crippen molar-refractivity contribution in [2.45, 2.75) is 6.61 Å². The van der Waals surface area contributed by atoms with Gasteiger partial charge in [-0.15, -0.1) is 0 Å². The molecule has 17 heavy (non-hydrogen) atoms. The molecule has 1 aromatic heterocycles. The molecule has 0 radical (unpaired) electrons. The number of benzene rings is 1. The van der Waals surface area contributed by atoms with Gasteiger partial charge in [0.1, 0.15) is 23.9 Å². The second-order valence-corrected chi connectivity index (χ2v) is 4.14. The summed E-state index contributed by atoms with van der Waals surface area (Å²) >= 11 is 3.06. The van der Waals surface area contributed by atoms with Crippen molar-refractivity contribution in [2.75, 3.05) is 0 Å². The van der Waals surface area contributed by atoms with E-state index in [9.17, 15) is 9.18 Å². The molecular weight excluding hydrogens is 291 g/mol. The van der Waals surface area contributed by atoms with Crippen LogP contribution >= 0.6 is 15.9 Å². The van der Waals surface area contributed by atoms with Crippen molar-refractivity contribution in [3.63, 3.8) is 0 Å². The maximum absolute atomic E-state index is 13.0. The Hall–Kier alpha value is -1.62. The lowest BCUT2D eigenvalue weighted by molar-refractivity contribution is 0.109. The fraction of sp³-hybridized carbons (Fsp3) is 0.0833. The number of hydrogen-bond acceptors (Lipinski definition) is 3. The highest BCUT2D eigenvalue weighted by Gasteiger charge is 2.04. The van der Waals surface area contributed by atoms with Gasteiger partial charge in [0, 0.05) is 0 Å². The lowest BCUT2D eigenvalue weighted by atomic mass is 10.3. The van der Waals surface area contributed by atoms with Crippen LogP contribution in [-0.2, 0) is 6.61 Å². The van der Waals surface area contributed by atoms with Gasteiger partial charge in [-0.05, 0) is 46.3 Å². The lowest BCUT2D eigenvalue weighted by Crippen LogP contribution is -1.94. The standard InChI is InChI=1S/C12H8BrFO3/c13-11-5-8(3-4-12(11)14)16-7-10-2-1-9(6-15)17-10/h1-6H,7H2. The summed E-state index contributed by atoms with van der Waals surface area (Å²) in [5.41, 5.74) is 0. The molecule has 88 valence electrons. The zero-order valence-electron chi connectivity index (χ0n) is 8.65. The van der Waals surface area contributed by atoms with E-state index < -0.39 is 0 Å². The summed E-state index contributed by atoms with van der Waals surface area (Å²) in [5, 5.41) is 0. The molecule has 5 heteroatoms. The third kappa shape index (κ3) is 2.94. The summed E-state index contributed by atoms with van der Waals surface area (Å²) in [4.78, 5) is 10.4. The highest BCUT2D eigenvalue weighted by Crippen LogP contribution is 2.22. The van der Waals surface area contributed by atoms with E-state index in [1.54, 1.807) is 12.1 Å². The van der Waals surface area contributed by atoms with Gasteiger partial charge in [-0.2, -0.15) is 0 Å². The zero-order valence-corrected chi connectivity index (χ0v) is 10.2. The maximum atomic E-state index is 13.0. The van der Waals surface area contributed by atoms with E-state index in [1.165, 1.54) is 18.2 Å². The molecule has 0 spiro atoms. The molecule has 0 atom stereocenters. The molecular formula is C12H8BrFO3. The molecule has 0 fully saturated rings. The number of furan rings is 1. The summed E-state index contributed by atoms with van der Waals surface area (Å²) in [5.74, 6) is 0.956. The van der Waals surface area contributed by atoms with Crippen molar-refractivity contribution < 1.29 is 18.3 Å². The number of carbonyl (C=O) groups excluding carboxylic acids is 1. The predicted molar refractivity (Wildman–Crippen MR) is 62.5 cm³/mol. The fourth-order valence-electron chi connectivity index (χ4n) is 1.26. The van der Waals surface area contributed by atoms with Crippen LogP contribution in [0.1, 0.15) is 16.3 Å². The molecule has 0 aliphatic rings. The van der Waals surface area contributed by atoms with Crippen LogP contribution < -0.4 is 4.74 Å². The summed E-state index contributed by atoms with van der Waals surface area (Å²) in [6.45, 7) is 0.186. The van der Waals surface area contributed by atoms with Gasteiger partial charge in [0.25, 0.3) is 0 Å². The molecule has 2 aromatic rings.